The second-order valence-corrected chi connectivity index (χ2v) is 2.69. The molecule has 0 aromatic carbocycles. The molecule has 0 aromatic heterocycles. The topological polar surface area (TPSA) is 29.1 Å². The first-order valence-electron chi connectivity index (χ1n) is 3.73. The number of amides is 1. The predicted molar refractivity (Wildman–Crippen MR) is 40.6 cm³/mol. The highest BCUT2D eigenvalue weighted by atomic mass is 16.2. The average Bonchev–Trinajstić information content (AvgIpc) is 1.85. The van der Waals surface area contributed by atoms with Gasteiger partial charge in [0.25, 0.3) is 0 Å². The molecule has 0 saturated carbocycles. The molecular formula is C8H13NO. The summed E-state index contributed by atoms with van der Waals surface area (Å²) in [5.41, 5.74) is 0. The lowest BCUT2D eigenvalue weighted by atomic mass is 10.00. The van der Waals surface area contributed by atoms with Crippen LogP contribution in [0.1, 0.15) is 25.7 Å². The third kappa shape index (κ3) is 1.87. The molecule has 1 fully saturated rings. The number of nitrogens with one attached hydrogen (secondary N) is 1. The van der Waals surface area contributed by atoms with Crippen molar-refractivity contribution >= 4 is 5.91 Å². The Morgan fingerprint density at radius 1 is 1.80 bits per heavy atom. The smallest absolute Gasteiger partial charge is 0.222 e. The van der Waals surface area contributed by atoms with Crippen molar-refractivity contribution in [2.45, 2.75) is 31.7 Å². The lowest BCUT2D eigenvalue weighted by Gasteiger charge is -2.26. The minimum atomic E-state index is 0.198. The van der Waals surface area contributed by atoms with Crippen LogP contribution in [0.2, 0.25) is 0 Å². The largest absolute Gasteiger partial charge is 0.353 e. The molecule has 2 nitrogen and oxygen atoms in total. The normalized spacial score (nSPS) is 23.2. The van der Waals surface area contributed by atoms with E-state index in [1.54, 1.807) is 0 Å². The molecule has 1 aliphatic heterocycles. The van der Waals surface area contributed by atoms with Gasteiger partial charge in [-0.25, -0.2) is 0 Å². The molecule has 2 heteroatoms. The van der Waals surface area contributed by atoms with Crippen LogP contribution in [0.15, 0.2) is 12.7 Å². The fraction of sp³-hybridized carbons (Fsp3) is 0.625. The minimum Gasteiger partial charge on any atom is -0.353 e. The summed E-state index contributed by atoms with van der Waals surface area (Å²) in [6.07, 6.45) is 5.97. The molecule has 1 aliphatic rings. The Hall–Kier alpha value is -0.790. The van der Waals surface area contributed by atoms with Crippen molar-refractivity contribution < 1.29 is 4.79 Å². The van der Waals surface area contributed by atoms with Gasteiger partial charge in [-0.1, -0.05) is 6.08 Å². The maximum atomic E-state index is 10.4. The van der Waals surface area contributed by atoms with Gasteiger partial charge in [-0.05, 0) is 19.3 Å². The van der Waals surface area contributed by atoms with Crippen molar-refractivity contribution in [3.05, 3.63) is 12.7 Å². The van der Waals surface area contributed by atoms with Crippen molar-refractivity contribution in [2.24, 2.45) is 0 Å². The minimum absolute atomic E-state index is 0.198. The van der Waals surface area contributed by atoms with Crippen molar-refractivity contribution in [2.75, 3.05) is 0 Å². The second kappa shape index (κ2) is 3.40. The number of unbranched alkanes of at least 4 members (excludes halogenated alkanes) is 1. The van der Waals surface area contributed by atoms with E-state index in [4.69, 9.17) is 0 Å². The molecule has 1 heterocycles. The van der Waals surface area contributed by atoms with E-state index in [0.717, 1.165) is 25.7 Å². The van der Waals surface area contributed by atoms with Crippen molar-refractivity contribution in [3.63, 3.8) is 0 Å². The lowest BCUT2D eigenvalue weighted by molar-refractivity contribution is -0.128. The zero-order chi connectivity index (χ0) is 7.40. The SMILES string of the molecule is C=CCCCC1CC(=O)N1. The van der Waals surface area contributed by atoms with Crippen LogP contribution in [-0.4, -0.2) is 11.9 Å². The van der Waals surface area contributed by atoms with Gasteiger partial charge in [-0.3, -0.25) is 4.79 Å². The second-order valence-electron chi connectivity index (χ2n) is 2.69. The average molecular weight is 139 g/mol. The maximum absolute atomic E-state index is 10.4. The van der Waals surface area contributed by atoms with Gasteiger partial charge in [0.1, 0.15) is 0 Å². The Balaban J connectivity index is 1.95. The molecule has 1 saturated heterocycles. The van der Waals surface area contributed by atoms with E-state index in [-0.39, 0.29) is 5.91 Å². The van der Waals surface area contributed by atoms with Gasteiger partial charge in [0.05, 0.1) is 0 Å². The van der Waals surface area contributed by atoms with E-state index in [1.165, 1.54) is 0 Å². The molecule has 0 aliphatic carbocycles. The number of β-lactam (4-membered cyclic amide) rings is 1. The number of hydrogen-bond donors (Lipinski definition) is 1. The maximum Gasteiger partial charge on any atom is 0.222 e. The Labute approximate surface area is 61.3 Å². The number of allylic oxidation sites excluding steroid dienone is 1. The number of carbonyl (C=O) groups is 1. The standard InChI is InChI=1S/C8H13NO/c1-2-3-4-5-7-6-8(10)9-7/h2,7H,1,3-6H2,(H,9,10). The summed E-state index contributed by atoms with van der Waals surface area (Å²) in [5, 5.41) is 2.83. The van der Waals surface area contributed by atoms with E-state index < -0.39 is 0 Å². The first-order valence-corrected chi connectivity index (χ1v) is 3.73. The Morgan fingerprint density at radius 3 is 3.00 bits per heavy atom. The molecule has 0 spiro atoms. The molecule has 1 N–H and O–H groups in total. The Morgan fingerprint density at radius 2 is 2.50 bits per heavy atom. The van der Waals surface area contributed by atoms with E-state index in [0.29, 0.717) is 6.04 Å². The monoisotopic (exact) mass is 139 g/mol. The number of carbonyl (C=O) groups excluding carboxylic acids is 1. The van der Waals surface area contributed by atoms with Gasteiger partial charge < -0.3 is 5.32 Å². The van der Waals surface area contributed by atoms with Crippen LogP contribution in [-0.2, 0) is 4.79 Å². The highest BCUT2D eigenvalue weighted by molar-refractivity contribution is 5.82. The summed E-state index contributed by atoms with van der Waals surface area (Å²) < 4.78 is 0. The molecule has 0 aromatic rings. The summed E-state index contributed by atoms with van der Waals surface area (Å²) in [6.45, 7) is 3.63. The predicted octanol–water partition coefficient (Wildman–Crippen LogP) is 1.23. The summed E-state index contributed by atoms with van der Waals surface area (Å²) in [4.78, 5) is 10.4. The van der Waals surface area contributed by atoms with Gasteiger partial charge in [-0.15, -0.1) is 6.58 Å². The molecule has 1 rings (SSSR count). The number of hydrogen-bond acceptors (Lipinski definition) is 1. The quantitative estimate of drug-likeness (QED) is 0.354. The molecule has 0 bridgehead atoms. The van der Waals surface area contributed by atoms with Crippen LogP contribution < -0.4 is 5.32 Å². The summed E-state index contributed by atoms with van der Waals surface area (Å²) in [6, 6.07) is 0.465. The molecular weight excluding hydrogens is 126 g/mol. The van der Waals surface area contributed by atoms with E-state index in [1.807, 2.05) is 6.08 Å². The van der Waals surface area contributed by atoms with Gasteiger partial charge in [0, 0.05) is 12.5 Å². The third-order valence-electron chi connectivity index (χ3n) is 1.76. The molecule has 1 unspecified atom stereocenters. The summed E-state index contributed by atoms with van der Waals surface area (Å²) >= 11 is 0. The van der Waals surface area contributed by atoms with Gasteiger partial charge in [0.2, 0.25) is 5.91 Å². The van der Waals surface area contributed by atoms with E-state index >= 15 is 0 Å². The van der Waals surface area contributed by atoms with Crippen LogP contribution in [0.5, 0.6) is 0 Å². The Kier molecular flexibility index (Phi) is 2.49. The lowest BCUT2D eigenvalue weighted by Crippen LogP contribution is -2.48. The first-order chi connectivity index (χ1) is 4.83. The van der Waals surface area contributed by atoms with Crippen molar-refractivity contribution in [1.82, 2.24) is 5.32 Å². The van der Waals surface area contributed by atoms with Crippen LogP contribution in [0.4, 0.5) is 0 Å². The van der Waals surface area contributed by atoms with Crippen LogP contribution in [0.3, 0.4) is 0 Å². The highest BCUT2D eigenvalue weighted by Crippen LogP contribution is 2.11. The van der Waals surface area contributed by atoms with E-state index in [9.17, 15) is 4.79 Å². The zero-order valence-corrected chi connectivity index (χ0v) is 6.10. The van der Waals surface area contributed by atoms with Gasteiger partial charge in [-0.2, -0.15) is 0 Å². The fourth-order valence-corrected chi connectivity index (χ4v) is 1.11. The molecule has 10 heavy (non-hydrogen) atoms. The molecule has 1 amide bonds. The third-order valence-corrected chi connectivity index (χ3v) is 1.76. The van der Waals surface area contributed by atoms with Crippen LogP contribution in [0.25, 0.3) is 0 Å². The fourth-order valence-electron chi connectivity index (χ4n) is 1.11. The Bertz CT molecular complexity index is 134. The van der Waals surface area contributed by atoms with Crippen molar-refractivity contribution in [3.8, 4) is 0 Å². The number of rotatable bonds is 4. The zero-order valence-electron chi connectivity index (χ0n) is 6.10. The molecule has 56 valence electrons. The van der Waals surface area contributed by atoms with Crippen LogP contribution in [0, 0.1) is 0 Å². The van der Waals surface area contributed by atoms with Gasteiger partial charge in [0.15, 0.2) is 0 Å². The molecule has 1 atom stereocenters. The van der Waals surface area contributed by atoms with Crippen molar-refractivity contribution in [1.29, 1.82) is 0 Å². The summed E-state index contributed by atoms with van der Waals surface area (Å²) in [7, 11) is 0. The van der Waals surface area contributed by atoms with Crippen LogP contribution >= 0.6 is 0 Å². The summed E-state index contributed by atoms with van der Waals surface area (Å²) in [5.74, 6) is 0.198. The highest BCUT2D eigenvalue weighted by Gasteiger charge is 2.23. The molecule has 0 radical (unpaired) electrons. The van der Waals surface area contributed by atoms with E-state index in [2.05, 4.69) is 11.9 Å². The van der Waals surface area contributed by atoms with Gasteiger partial charge >= 0.3 is 0 Å². The first kappa shape index (κ1) is 7.32.